The minimum Gasteiger partial charge on any atom is -0.394 e. The maximum atomic E-state index is 9.55. The second kappa shape index (κ2) is 7.28. The van der Waals surface area contributed by atoms with Gasteiger partial charge in [0.05, 0.1) is 25.0 Å². The summed E-state index contributed by atoms with van der Waals surface area (Å²) in [4.78, 5) is 11.1. The van der Waals surface area contributed by atoms with E-state index in [4.69, 9.17) is 0 Å². The van der Waals surface area contributed by atoms with E-state index < -0.39 is 0 Å². The molecule has 1 saturated heterocycles. The first-order valence-corrected chi connectivity index (χ1v) is 7.28. The fraction of sp³-hybridized carbons (Fsp3) is 0.714. The van der Waals surface area contributed by atoms with E-state index in [9.17, 15) is 5.11 Å². The normalized spacial score (nSPS) is 20.1. The number of nitrogens with zero attached hydrogens (tertiary/aromatic N) is 3. The van der Waals surface area contributed by atoms with Crippen LogP contribution >= 0.6 is 0 Å². The molecule has 0 bridgehead atoms. The molecule has 0 radical (unpaired) electrons. The molecule has 2 rings (SSSR count). The molecule has 0 spiro atoms. The van der Waals surface area contributed by atoms with Crippen LogP contribution in [-0.4, -0.2) is 40.8 Å². The van der Waals surface area contributed by atoms with Crippen molar-refractivity contribution in [3.63, 3.8) is 0 Å². The van der Waals surface area contributed by atoms with Crippen molar-refractivity contribution in [3.05, 3.63) is 12.4 Å². The smallest absolute Gasteiger partial charge is 0.149 e. The molecule has 1 unspecified atom stereocenters. The van der Waals surface area contributed by atoms with Crippen molar-refractivity contribution in [2.24, 2.45) is 0 Å². The number of hydrogen-bond acceptors (Lipinski definition) is 5. The quantitative estimate of drug-likeness (QED) is 0.852. The van der Waals surface area contributed by atoms with Crippen LogP contribution < -0.4 is 10.2 Å². The van der Waals surface area contributed by atoms with Gasteiger partial charge in [-0.3, -0.25) is 4.98 Å². The monoisotopic (exact) mass is 264 g/mol. The second-order valence-electron chi connectivity index (χ2n) is 5.07. The molecule has 0 amide bonds. The number of anilines is 2. The highest BCUT2D eigenvalue weighted by atomic mass is 16.3. The predicted molar refractivity (Wildman–Crippen MR) is 77.5 cm³/mol. The van der Waals surface area contributed by atoms with Gasteiger partial charge in [0.1, 0.15) is 11.6 Å². The minimum atomic E-state index is 0.179. The van der Waals surface area contributed by atoms with Crippen LogP contribution in [-0.2, 0) is 0 Å². The summed E-state index contributed by atoms with van der Waals surface area (Å²) in [6, 6.07) is 0.179. The summed E-state index contributed by atoms with van der Waals surface area (Å²) in [6.07, 6.45) is 9.22. The molecule has 2 heterocycles. The van der Waals surface area contributed by atoms with Crippen molar-refractivity contribution in [2.75, 3.05) is 29.9 Å². The lowest BCUT2D eigenvalue weighted by Crippen LogP contribution is -2.38. The number of hydrogen-bond donors (Lipinski definition) is 2. The Kier molecular flexibility index (Phi) is 5.39. The lowest BCUT2D eigenvalue weighted by molar-refractivity contribution is 0.254. The molecule has 1 aromatic rings. The van der Waals surface area contributed by atoms with Crippen LogP contribution in [0.25, 0.3) is 0 Å². The van der Waals surface area contributed by atoms with Crippen LogP contribution in [0.1, 0.15) is 39.0 Å². The zero-order chi connectivity index (χ0) is 13.5. The Labute approximate surface area is 115 Å². The second-order valence-corrected chi connectivity index (χ2v) is 5.07. The van der Waals surface area contributed by atoms with Gasteiger partial charge >= 0.3 is 0 Å². The molecule has 2 N–H and O–H groups in total. The Morgan fingerprint density at radius 1 is 1.37 bits per heavy atom. The molecule has 1 aliphatic heterocycles. The molecule has 0 saturated carbocycles. The van der Waals surface area contributed by atoms with Crippen molar-refractivity contribution in [2.45, 2.75) is 45.1 Å². The third-order valence-corrected chi connectivity index (χ3v) is 3.56. The third-order valence-electron chi connectivity index (χ3n) is 3.56. The molecule has 1 atom stereocenters. The van der Waals surface area contributed by atoms with Crippen molar-refractivity contribution in [3.8, 4) is 0 Å². The Bertz CT molecular complexity index is 385. The Morgan fingerprint density at radius 2 is 2.26 bits per heavy atom. The van der Waals surface area contributed by atoms with Gasteiger partial charge in [0.2, 0.25) is 0 Å². The summed E-state index contributed by atoms with van der Waals surface area (Å²) < 4.78 is 0. The highest BCUT2D eigenvalue weighted by molar-refractivity contribution is 5.44. The van der Waals surface area contributed by atoms with Crippen LogP contribution in [0, 0.1) is 0 Å². The SMILES string of the molecule is CCCNc1cncc(N2CCCCCC2CO)n1. The Hall–Kier alpha value is -1.36. The Morgan fingerprint density at radius 3 is 3.05 bits per heavy atom. The van der Waals surface area contributed by atoms with Crippen LogP contribution in [0.4, 0.5) is 11.6 Å². The predicted octanol–water partition coefficient (Wildman–Crippen LogP) is 2.04. The van der Waals surface area contributed by atoms with Crippen molar-refractivity contribution < 1.29 is 5.11 Å². The summed E-state index contributed by atoms with van der Waals surface area (Å²) in [5.74, 6) is 1.70. The van der Waals surface area contributed by atoms with Crippen LogP contribution in [0.15, 0.2) is 12.4 Å². The highest BCUT2D eigenvalue weighted by Gasteiger charge is 2.21. The van der Waals surface area contributed by atoms with E-state index in [-0.39, 0.29) is 12.6 Å². The molecule has 1 aromatic heterocycles. The first kappa shape index (κ1) is 14.1. The molecule has 5 nitrogen and oxygen atoms in total. The van der Waals surface area contributed by atoms with Crippen LogP contribution in [0.3, 0.4) is 0 Å². The van der Waals surface area contributed by atoms with E-state index >= 15 is 0 Å². The van der Waals surface area contributed by atoms with Gasteiger partial charge < -0.3 is 15.3 Å². The van der Waals surface area contributed by atoms with Gasteiger partial charge in [0, 0.05) is 13.1 Å². The molecule has 106 valence electrons. The summed E-state index contributed by atoms with van der Waals surface area (Å²) in [5.41, 5.74) is 0. The van der Waals surface area contributed by atoms with Gasteiger partial charge in [0.25, 0.3) is 0 Å². The average Bonchev–Trinajstić information content (AvgIpc) is 2.70. The maximum Gasteiger partial charge on any atom is 0.149 e. The van der Waals surface area contributed by atoms with Crippen molar-refractivity contribution >= 4 is 11.6 Å². The first-order chi connectivity index (χ1) is 9.35. The molecular weight excluding hydrogens is 240 g/mol. The molecular formula is C14H24N4O. The van der Waals surface area contributed by atoms with Crippen molar-refractivity contribution in [1.29, 1.82) is 0 Å². The minimum absolute atomic E-state index is 0.179. The van der Waals surface area contributed by atoms with Gasteiger partial charge in [-0.2, -0.15) is 0 Å². The van der Waals surface area contributed by atoms with Gasteiger partial charge in [-0.15, -0.1) is 0 Å². The topological polar surface area (TPSA) is 61.3 Å². The molecule has 1 aliphatic rings. The van der Waals surface area contributed by atoms with E-state index in [1.165, 1.54) is 12.8 Å². The van der Waals surface area contributed by atoms with Crippen LogP contribution in [0.2, 0.25) is 0 Å². The van der Waals surface area contributed by atoms with E-state index in [0.29, 0.717) is 0 Å². The largest absolute Gasteiger partial charge is 0.394 e. The zero-order valence-electron chi connectivity index (χ0n) is 11.7. The van der Waals surface area contributed by atoms with Gasteiger partial charge in [0.15, 0.2) is 0 Å². The standard InChI is InChI=1S/C14H24N4O/c1-2-7-16-13-9-15-10-14(17-13)18-8-5-3-4-6-12(18)11-19/h9-10,12,19H,2-8,11H2,1H3,(H,16,17). The van der Waals surface area contributed by atoms with Crippen molar-refractivity contribution in [1.82, 2.24) is 9.97 Å². The van der Waals surface area contributed by atoms with Gasteiger partial charge in [-0.05, 0) is 19.3 Å². The van der Waals surface area contributed by atoms with Gasteiger partial charge in [-0.1, -0.05) is 19.8 Å². The summed E-state index contributed by atoms with van der Waals surface area (Å²) in [5, 5.41) is 12.8. The first-order valence-electron chi connectivity index (χ1n) is 7.28. The zero-order valence-corrected chi connectivity index (χ0v) is 11.7. The summed E-state index contributed by atoms with van der Waals surface area (Å²) in [7, 11) is 0. The number of aliphatic hydroxyl groups excluding tert-OH is 1. The number of aliphatic hydroxyl groups is 1. The lowest BCUT2D eigenvalue weighted by Gasteiger charge is -2.29. The fourth-order valence-electron chi connectivity index (χ4n) is 2.50. The maximum absolute atomic E-state index is 9.55. The van der Waals surface area contributed by atoms with Crippen LogP contribution in [0.5, 0.6) is 0 Å². The van der Waals surface area contributed by atoms with E-state index in [1.54, 1.807) is 12.4 Å². The Balaban J connectivity index is 2.13. The molecule has 5 heteroatoms. The lowest BCUT2D eigenvalue weighted by atomic mass is 10.1. The highest BCUT2D eigenvalue weighted by Crippen LogP contribution is 2.22. The molecule has 1 fully saturated rings. The molecule has 19 heavy (non-hydrogen) atoms. The average molecular weight is 264 g/mol. The number of nitrogens with one attached hydrogen (secondary N) is 1. The van der Waals surface area contributed by atoms with E-state index in [1.807, 2.05) is 0 Å². The van der Waals surface area contributed by atoms with E-state index in [0.717, 1.165) is 44.0 Å². The molecule has 0 aromatic carbocycles. The van der Waals surface area contributed by atoms with E-state index in [2.05, 4.69) is 27.1 Å². The summed E-state index contributed by atoms with van der Waals surface area (Å²) >= 11 is 0. The fourth-order valence-corrected chi connectivity index (χ4v) is 2.50. The third kappa shape index (κ3) is 3.80. The van der Waals surface area contributed by atoms with Gasteiger partial charge in [-0.25, -0.2) is 4.98 Å². The summed E-state index contributed by atoms with van der Waals surface area (Å²) in [6.45, 7) is 4.17. The molecule has 0 aliphatic carbocycles. The number of aromatic nitrogens is 2. The number of rotatable bonds is 5.